The number of methoxy groups -OCH3 is 1. The summed E-state index contributed by atoms with van der Waals surface area (Å²) in [5.41, 5.74) is 2.18. The Morgan fingerprint density at radius 3 is 2.93 bits per heavy atom. The van der Waals surface area contributed by atoms with Crippen LogP contribution in [0.5, 0.6) is 5.75 Å². The van der Waals surface area contributed by atoms with Crippen LogP contribution < -0.4 is 25.2 Å². The van der Waals surface area contributed by atoms with Gasteiger partial charge in [-0.3, -0.25) is 4.99 Å². The second kappa shape index (κ2) is 9.64. The molecular weight excluding hydrogens is 372 g/mol. The van der Waals surface area contributed by atoms with Gasteiger partial charge in [0.1, 0.15) is 5.75 Å². The van der Waals surface area contributed by atoms with E-state index in [1.807, 2.05) is 38.2 Å². The molecule has 152 valence electrons. The summed E-state index contributed by atoms with van der Waals surface area (Å²) in [5.74, 6) is 1.73. The van der Waals surface area contributed by atoms with Gasteiger partial charge in [0, 0.05) is 45.7 Å². The fourth-order valence-electron chi connectivity index (χ4n) is 3.35. The first-order valence-electron chi connectivity index (χ1n) is 9.57. The maximum absolute atomic E-state index is 5.53. The molecule has 1 atom stereocenters. The molecule has 2 aromatic rings. The van der Waals surface area contributed by atoms with E-state index in [1.54, 1.807) is 18.4 Å². The number of nitrogens with zero attached hydrogens (tertiary/aromatic N) is 4. The molecule has 0 aliphatic carbocycles. The van der Waals surface area contributed by atoms with Crippen molar-refractivity contribution in [2.45, 2.75) is 25.4 Å². The highest BCUT2D eigenvalue weighted by Crippen LogP contribution is 2.29. The lowest BCUT2D eigenvalue weighted by Gasteiger charge is -2.36. The van der Waals surface area contributed by atoms with E-state index in [0.29, 0.717) is 12.6 Å². The number of hydrogen-bond acceptors (Lipinski definition) is 6. The van der Waals surface area contributed by atoms with Crippen LogP contribution in [0.25, 0.3) is 0 Å². The van der Waals surface area contributed by atoms with Crippen LogP contribution in [0.15, 0.2) is 34.6 Å². The molecule has 0 spiro atoms. The van der Waals surface area contributed by atoms with Crippen LogP contribution in [0.3, 0.4) is 0 Å². The Morgan fingerprint density at radius 1 is 1.39 bits per heavy atom. The summed E-state index contributed by atoms with van der Waals surface area (Å²) >= 11 is 1.65. The van der Waals surface area contributed by atoms with Gasteiger partial charge in [0.05, 0.1) is 25.0 Å². The number of guanidine groups is 1. The van der Waals surface area contributed by atoms with E-state index in [2.05, 4.69) is 43.0 Å². The molecule has 8 heteroatoms. The molecule has 0 bridgehead atoms. The lowest BCUT2D eigenvalue weighted by Crippen LogP contribution is -2.51. The molecule has 2 N–H and O–H groups in total. The summed E-state index contributed by atoms with van der Waals surface area (Å²) < 4.78 is 5.53. The van der Waals surface area contributed by atoms with Gasteiger partial charge >= 0.3 is 0 Å². The first-order chi connectivity index (χ1) is 13.6. The fourth-order valence-corrected chi connectivity index (χ4v) is 4.11. The van der Waals surface area contributed by atoms with E-state index in [0.717, 1.165) is 54.2 Å². The molecule has 1 fully saturated rings. The molecule has 0 amide bonds. The van der Waals surface area contributed by atoms with Gasteiger partial charge in [0.15, 0.2) is 11.1 Å². The minimum absolute atomic E-state index is 0.331. The second-order valence-corrected chi connectivity index (χ2v) is 7.88. The van der Waals surface area contributed by atoms with Gasteiger partial charge in [-0.15, -0.1) is 11.3 Å². The number of para-hydroxylation sites is 2. The molecule has 1 aromatic carbocycles. The highest BCUT2D eigenvalue weighted by atomic mass is 32.1. The zero-order valence-corrected chi connectivity index (χ0v) is 17.9. The average Bonchev–Trinajstić information content (AvgIpc) is 3.20. The monoisotopic (exact) mass is 402 g/mol. The molecule has 28 heavy (non-hydrogen) atoms. The van der Waals surface area contributed by atoms with Crippen LogP contribution in [-0.2, 0) is 6.54 Å². The third kappa shape index (κ3) is 5.07. The summed E-state index contributed by atoms with van der Waals surface area (Å²) in [4.78, 5) is 13.4. The third-order valence-corrected chi connectivity index (χ3v) is 5.83. The number of anilines is 2. The van der Waals surface area contributed by atoms with E-state index in [9.17, 15) is 0 Å². The number of ether oxygens (including phenoxy) is 1. The lowest BCUT2D eigenvalue weighted by molar-refractivity contribution is 0.408. The number of aliphatic imine (C=N–C) groups is 1. The minimum Gasteiger partial charge on any atom is -0.495 e. The Kier molecular flexibility index (Phi) is 6.97. The minimum atomic E-state index is 0.331. The maximum atomic E-state index is 5.53. The largest absolute Gasteiger partial charge is 0.495 e. The second-order valence-electron chi connectivity index (χ2n) is 7.04. The highest BCUT2D eigenvalue weighted by Gasteiger charge is 2.22. The molecule has 1 saturated heterocycles. The summed E-state index contributed by atoms with van der Waals surface area (Å²) in [7, 11) is 7.55. The van der Waals surface area contributed by atoms with Crippen molar-refractivity contribution >= 4 is 28.1 Å². The Labute approximate surface area is 171 Å². The highest BCUT2D eigenvalue weighted by molar-refractivity contribution is 7.13. The number of nitrogens with one attached hydrogen (secondary N) is 2. The standard InChI is InChI=1S/C20H30N6OS/c1-21-19(22-12-16-14-28-20(24-16)25(2)3)23-15-8-7-11-26(13-15)17-9-5-6-10-18(17)27-4/h5-6,9-10,14-15H,7-8,11-13H2,1-4H3,(H2,21,22,23). The molecular formula is C20H30N6OS. The van der Waals surface area contributed by atoms with Gasteiger partial charge in [-0.1, -0.05) is 12.1 Å². The number of piperidine rings is 1. The van der Waals surface area contributed by atoms with Gasteiger partial charge in [-0.05, 0) is 25.0 Å². The summed E-state index contributed by atoms with van der Waals surface area (Å²) in [5, 5.41) is 10.0. The molecule has 1 unspecified atom stereocenters. The maximum Gasteiger partial charge on any atom is 0.191 e. The van der Waals surface area contributed by atoms with Gasteiger partial charge in [-0.2, -0.15) is 0 Å². The first-order valence-corrected chi connectivity index (χ1v) is 10.5. The van der Waals surface area contributed by atoms with Crippen LogP contribution in [0, 0.1) is 0 Å². The van der Waals surface area contributed by atoms with Crippen molar-refractivity contribution in [1.29, 1.82) is 0 Å². The fraction of sp³-hybridized carbons (Fsp3) is 0.500. The number of benzene rings is 1. The third-order valence-electron chi connectivity index (χ3n) is 4.77. The Morgan fingerprint density at radius 2 is 2.21 bits per heavy atom. The van der Waals surface area contributed by atoms with E-state index in [4.69, 9.17) is 4.74 Å². The zero-order chi connectivity index (χ0) is 19.9. The predicted molar refractivity (Wildman–Crippen MR) is 118 cm³/mol. The average molecular weight is 403 g/mol. The number of aromatic nitrogens is 1. The predicted octanol–water partition coefficient (Wildman–Crippen LogP) is 2.55. The van der Waals surface area contributed by atoms with Crippen LogP contribution in [0.2, 0.25) is 0 Å². The van der Waals surface area contributed by atoms with Crippen molar-refractivity contribution in [2.24, 2.45) is 4.99 Å². The molecule has 1 aliphatic rings. The van der Waals surface area contributed by atoms with Crippen LogP contribution in [0.1, 0.15) is 18.5 Å². The summed E-state index contributed by atoms with van der Waals surface area (Å²) in [6.07, 6.45) is 2.25. The van der Waals surface area contributed by atoms with Crippen molar-refractivity contribution in [3.8, 4) is 5.75 Å². The molecule has 0 radical (unpaired) electrons. The topological polar surface area (TPSA) is 65.0 Å². The molecule has 1 aromatic heterocycles. The van der Waals surface area contributed by atoms with Gasteiger partial charge in [0.2, 0.25) is 0 Å². The molecule has 3 rings (SSSR count). The molecule has 7 nitrogen and oxygen atoms in total. The van der Waals surface area contributed by atoms with E-state index in [-0.39, 0.29) is 0 Å². The number of hydrogen-bond donors (Lipinski definition) is 2. The van der Waals surface area contributed by atoms with E-state index in [1.165, 1.54) is 0 Å². The van der Waals surface area contributed by atoms with Crippen molar-refractivity contribution in [2.75, 3.05) is 51.1 Å². The quantitative estimate of drug-likeness (QED) is 0.572. The number of thiazole rings is 1. The van der Waals surface area contributed by atoms with Crippen LogP contribution in [-0.4, -0.2) is 58.3 Å². The lowest BCUT2D eigenvalue weighted by atomic mass is 10.0. The molecule has 1 aliphatic heterocycles. The summed E-state index contributed by atoms with van der Waals surface area (Å²) in [6, 6.07) is 8.54. The zero-order valence-electron chi connectivity index (χ0n) is 17.1. The van der Waals surface area contributed by atoms with Gasteiger partial charge in [0.25, 0.3) is 0 Å². The van der Waals surface area contributed by atoms with Crippen molar-refractivity contribution in [3.05, 3.63) is 35.3 Å². The summed E-state index contributed by atoms with van der Waals surface area (Å²) in [6.45, 7) is 2.62. The van der Waals surface area contributed by atoms with Crippen LogP contribution in [0.4, 0.5) is 10.8 Å². The smallest absolute Gasteiger partial charge is 0.191 e. The van der Waals surface area contributed by atoms with Gasteiger partial charge in [-0.25, -0.2) is 4.98 Å². The SMILES string of the molecule is CN=C(NCc1csc(N(C)C)n1)NC1CCCN(c2ccccc2OC)C1. The van der Waals surface area contributed by atoms with E-state index < -0.39 is 0 Å². The Balaban J connectivity index is 1.56. The number of rotatable bonds is 6. The van der Waals surface area contributed by atoms with Crippen molar-refractivity contribution < 1.29 is 4.74 Å². The van der Waals surface area contributed by atoms with Gasteiger partial charge < -0.3 is 25.2 Å². The Bertz CT molecular complexity index is 791. The van der Waals surface area contributed by atoms with E-state index >= 15 is 0 Å². The Hall–Kier alpha value is -2.48. The normalized spacial score (nSPS) is 17.4. The molecule has 0 saturated carbocycles. The molecule has 2 heterocycles. The first kappa shape index (κ1) is 20.3. The van der Waals surface area contributed by atoms with Crippen LogP contribution >= 0.6 is 11.3 Å². The van der Waals surface area contributed by atoms with Crippen molar-refractivity contribution in [1.82, 2.24) is 15.6 Å². The van der Waals surface area contributed by atoms with Crippen molar-refractivity contribution in [3.63, 3.8) is 0 Å².